The summed E-state index contributed by atoms with van der Waals surface area (Å²) in [5, 5.41) is 0. The number of aldehydes is 1. The predicted octanol–water partition coefficient (Wildman–Crippen LogP) is 2.09. The fourth-order valence-corrected chi connectivity index (χ4v) is 0.436. The lowest BCUT2D eigenvalue weighted by atomic mass is 10.1. The molecule has 0 aliphatic carbocycles. The monoisotopic (exact) mass is 184 g/mol. The maximum absolute atomic E-state index is 9.90. The van der Waals surface area contributed by atoms with Crippen molar-refractivity contribution in [1.82, 2.24) is 0 Å². The number of esters is 1. The van der Waals surface area contributed by atoms with Crippen molar-refractivity contribution in [2.45, 2.75) is 20.3 Å². The number of carbonyl (C=O) groups is 2. The number of carbonyl (C=O) groups excluding carboxylic acids is 2. The smallest absolute Gasteiger partial charge is 0.307 e. The number of hydrogen-bond donors (Lipinski definition) is 0. The number of hydrogen-bond acceptors (Lipinski definition) is 3. The molecule has 0 N–H and O–H groups in total. The van der Waals surface area contributed by atoms with E-state index in [-0.39, 0.29) is 11.9 Å². The standard InChI is InChI=1S/C6H10O.C4H6O2/c1-3-6(4-2)5-7;1-3-6-4(2)5/h3,5-6H,1,4H2,2H3;3H,1H2,2H3. The summed E-state index contributed by atoms with van der Waals surface area (Å²) in [4.78, 5) is 19.6. The van der Waals surface area contributed by atoms with E-state index in [4.69, 9.17) is 0 Å². The summed E-state index contributed by atoms with van der Waals surface area (Å²) in [6, 6.07) is 0. The van der Waals surface area contributed by atoms with E-state index in [1.807, 2.05) is 6.92 Å². The van der Waals surface area contributed by atoms with Gasteiger partial charge >= 0.3 is 5.97 Å². The average molecular weight is 184 g/mol. The Hall–Kier alpha value is -1.38. The fourth-order valence-electron chi connectivity index (χ4n) is 0.436. The first kappa shape index (κ1) is 14.2. The molecule has 0 rings (SSSR count). The third-order valence-electron chi connectivity index (χ3n) is 1.20. The molecule has 1 atom stereocenters. The highest BCUT2D eigenvalue weighted by Crippen LogP contribution is 1.96. The van der Waals surface area contributed by atoms with Gasteiger partial charge in [0.15, 0.2) is 0 Å². The lowest BCUT2D eigenvalue weighted by molar-refractivity contribution is -0.135. The van der Waals surface area contributed by atoms with Gasteiger partial charge in [-0.1, -0.05) is 19.6 Å². The topological polar surface area (TPSA) is 43.4 Å². The summed E-state index contributed by atoms with van der Waals surface area (Å²) in [5.41, 5.74) is 0. The van der Waals surface area contributed by atoms with Crippen molar-refractivity contribution in [3.63, 3.8) is 0 Å². The highest BCUT2D eigenvalue weighted by molar-refractivity contribution is 5.66. The van der Waals surface area contributed by atoms with Crippen LogP contribution in [-0.4, -0.2) is 12.3 Å². The number of allylic oxidation sites excluding steroid dienone is 1. The van der Waals surface area contributed by atoms with E-state index in [9.17, 15) is 9.59 Å². The average Bonchev–Trinajstić information content (AvgIpc) is 2.08. The largest absolute Gasteiger partial charge is 0.435 e. The van der Waals surface area contributed by atoms with Crippen molar-refractivity contribution < 1.29 is 14.3 Å². The highest BCUT2D eigenvalue weighted by Gasteiger charge is 1.92. The zero-order chi connectivity index (χ0) is 10.7. The summed E-state index contributed by atoms with van der Waals surface area (Å²) in [6.07, 6.45) is 4.54. The first-order valence-corrected chi connectivity index (χ1v) is 3.98. The van der Waals surface area contributed by atoms with Crippen molar-refractivity contribution in [3.8, 4) is 0 Å². The van der Waals surface area contributed by atoms with Gasteiger partial charge in [0.25, 0.3) is 0 Å². The van der Waals surface area contributed by atoms with Crippen LogP contribution in [0.5, 0.6) is 0 Å². The van der Waals surface area contributed by atoms with Gasteiger partial charge in [-0.3, -0.25) is 4.79 Å². The molecule has 0 aliphatic rings. The number of rotatable bonds is 4. The van der Waals surface area contributed by atoms with Gasteiger partial charge < -0.3 is 9.53 Å². The first-order chi connectivity index (χ1) is 6.12. The molecular weight excluding hydrogens is 168 g/mol. The minimum Gasteiger partial charge on any atom is -0.435 e. The zero-order valence-corrected chi connectivity index (χ0v) is 8.16. The number of ether oxygens (including phenoxy) is 1. The Balaban J connectivity index is 0. The molecule has 0 heterocycles. The van der Waals surface area contributed by atoms with Gasteiger partial charge in [0.2, 0.25) is 0 Å². The van der Waals surface area contributed by atoms with Gasteiger partial charge in [0.05, 0.1) is 6.26 Å². The quantitative estimate of drug-likeness (QED) is 0.291. The molecule has 0 aromatic rings. The molecule has 0 amide bonds. The second kappa shape index (κ2) is 10.6. The molecule has 0 spiro atoms. The normalized spacial score (nSPS) is 10.0. The molecule has 74 valence electrons. The summed E-state index contributed by atoms with van der Waals surface area (Å²) < 4.78 is 4.17. The lowest BCUT2D eigenvalue weighted by Crippen LogP contribution is -1.92. The van der Waals surface area contributed by atoms with Gasteiger partial charge in [-0.05, 0) is 6.42 Å². The molecule has 3 nitrogen and oxygen atoms in total. The van der Waals surface area contributed by atoms with E-state index >= 15 is 0 Å². The third kappa shape index (κ3) is 13.6. The minimum absolute atomic E-state index is 0.0694. The van der Waals surface area contributed by atoms with Crippen LogP contribution in [0.25, 0.3) is 0 Å². The van der Waals surface area contributed by atoms with Crippen LogP contribution in [0.4, 0.5) is 0 Å². The molecule has 13 heavy (non-hydrogen) atoms. The van der Waals surface area contributed by atoms with Crippen LogP contribution in [-0.2, 0) is 14.3 Å². The molecule has 1 unspecified atom stereocenters. The summed E-state index contributed by atoms with van der Waals surface area (Å²) in [6.45, 7) is 9.91. The molecular formula is C10H16O3. The van der Waals surface area contributed by atoms with Crippen molar-refractivity contribution in [2.75, 3.05) is 0 Å². The van der Waals surface area contributed by atoms with E-state index in [1.165, 1.54) is 6.92 Å². The lowest BCUT2D eigenvalue weighted by Gasteiger charge is -1.92. The van der Waals surface area contributed by atoms with Crippen molar-refractivity contribution in [2.24, 2.45) is 5.92 Å². The second-order valence-electron chi connectivity index (χ2n) is 2.22. The highest BCUT2D eigenvalue weighted by atomic mass is 16.5. The van der Waals surface area contributed by atoms with Crippen LogP contribution in [0.2, 0.25) is 0 Å². The fraction of sp³-hybridized carbons (Fsp3) is 0.400. The van der Waals surface area contributed by atoms with Crippen molar-refractivity contribution >= 4 is 12.3 Å². The van der Waals surface area contributed by atoms with Gasteiger partial charge in [-0.2, -0.15) is 0 Å². The van der Waals surface area contributed by atoms with Crippen molar-refractivity contribution in [3.05, 3.63) is 25.5 Å². The molecule has 0 saturated carbocycles. The molecule has 0 bridgehead atoms. The van der Waals surface area contributed by atoms with Crippen LogP contribution in [0.1, 0.15) is 20.3 Å². The van der Waals surface area contributed by atoms with E-state index in [2.05, 4.69) is 17.9 Å². The van der Waals surface area contributed by atoms with E-state index < -0.39 is 0 Å². The van der Waals surface area contributed by atoms with Crippen molar-refractivity contribution in [1.29, 1.82) is 0 Å². The Bertz CT molecular complexity index is 165. The van der Waals surface area contributed by atoms with E-state index in [0.29, 0.717) is 0 Å². The SMILES string of the molecule is C=CC(C=O)CC.C=COC(C)=O. The molecule has 0 aromatic carbocycles. The zero-order valence-electron chi connectivity index (χ0n) is 8.16. The first-order valence-electron chi connectivity index (χ1n) is 3.98. The van der Waals surface area contributed by atoms with Crippen LogP contribution in [0.3, 0.4) is 0 Å². The Morgan fingerprint density at radius 3 is 2.08 bits per heavy atom. The molecule has 0 fully saturated rings. The Kier molecular flexibility index (Phi) is 11.6. The maximum Gasteiger partial charge on any atom is 0.307 e. The second-order valence-corrected chi connectivity index (χ2v) is 2.22. The van der Waals surface area contributed by atoms with Gasteiger partial charge in [0.1, 0.15) is 6.29 Å². The van der Waals surface area contributed by atoms with E-state index in [0.717, 1.165) is 19.0 Å². The predicted molar refractivity (Wildman–Crippen MR) is 52.0 cm³/mol. The Morgan fingerprint density at radius 2 is 2.08 bits per heavy atom. The van der Waals surface area contributed by atoms with Gasteiger partial charge in [-0.15, -0.1) is 6.58 Å². The minimum atomic E-state index is -0.329. The van der Waals surface area contributed by atoms with Gasteiger partial charge in [-0.25, -0.2) is 0 Å². The van der Waals surface area contributed by atoms with Crippen LogP contribution >= 0.6 is 0 Å². The molecule has 0 saturated heterocycles. The molecule has 0 aromatic heterocycles. The maximum atomic E-state index is 9.90. The molecule has 0 aliphatic heterocycles. The van der Waals surface area contributed by atoms with Gasteiger partial charge in [0, 0.05) is 12.8 Å². The Labute approximate surface area is 79.1 Å². The Morgan fingerprint density at radius 1 is 1.54 bits per heavy atom. The van der Waals surface area contributed by atoms with Crippen LogP contribution in [0.15, 0.2) is 25.5 Å². The summed E-state index contributed by atoms with van der Waals surface area (Å²) >= 11 is 0. The summed E-state index contributed by atoms with van der Waals surface area (Å²) in [5.74, 6) is -0.259. The molecule has 3 heteroatoms. The van der Waals surface area contributed by atoms with Crippen LogP contribution in [0, 0.1) is 5.92 Å². The van der Waals surface area contributed by atoms with Crippen LogP contribution < -0.4 is 0 Å². The van der Waals surface area contributed by atoms with E-state index in [1.54, 1.807) is 6.08 Å². The summed E-state index contributed by atoms with van der Waals surface area (Å²) in [7, 11) is 0. The molecule has 0 radical (unpaired) electrons. The third-order valence-corrected chi connectivity index (χ3v) is 1.20.